The van der Waals surface area contributed by atoms with Crippen LogP contribution in [0.1, 0.15) is 44.5 Å². The summed E-state index contributed by atoms with van der Waals surface area (Å²) in [6.07, 6.45) is 0. The van der Waals surface area contributed by atoms with Gasteiger partial charge in [-0.15, -0.1) is 0 Å². The van der Waals surface area contributed by atoms with Gasteiger partial charge in [0.1, 0.15) is 22.3 Å². The molecule has 4 heteroatoms. The summed E-state index contributed by atoms with van der Waals surface area (Å²) in [5, 5.41) is 18.9. The van der Waals surface area contributed by atoms with Crippen LogP contribution < -0.4 is 9.80 Å². The van der Waals surface area contributed by atoms with Crippen molar-refractivity contribution in [3.05, 3.63) is 518 Å². The third-order valence-corrected chi connectivity index (χ3v) is 27.0. The van der Waals surface area contributed by atoms with E-state index < -0.39 is 10.8 Å². The fourth-order valence-electron chi connectivity index (χ4n) is 21.6. The first-order valence-corrected chi connectivity index (χ1v) is 43.5. The highest BCUT2D eigenvalue weighted by Gasteiger charge is 2.49. The van der Waals surface area contributed by atoms with Gasteiger partial charge in [-0.05, 0) is 228 Å². The molecule has 2 aliphatic rings. The van der Waals surface area contributed by atoms with Crippen LogP contribution in [-0.4, -0.2) is 0 Å². The molecule has 24 aromatic rings. The zero-order valence-electron chi connectivity index (χ0n) is 68.7. The van der Waals surface area contributed by atoms with Gasteiger partial charge < -0.3 is 18.6 Å². The van der Waals surface area contributed by atoms with Gasteiger partial charge in [-0.1, -0.05) is 382 Å². The molecular formula is C122H78N2O2. The molecule has 0 saturated heterocycles. The molecule has 22 aromatic carbocycles. The third kappa shape index (κ3) is 11.1. The van der Waals surface area contributed by atoms with E-state index in [1.54, 1.807) is 0 Å². The molecule has 0 fully saturated rings. The Labute approximate surface area is 729 Å². The van der Waals surface area contributed by atoms with E-state index in [9.17, 15) is 0 Å². The molecule has 0 amide bonds. The van der Waals surface area contributed by atoms with E-state index in [4.69, 9.17) is 8.83 Å². The Bertz CT molecular complexity index is 8380. The van der Waals surface area contributed by atoms with Crippen LogP contribution in [-0.2, 0) is 10.8 Å². The molecule has 0 aliphatic heterocycles. The van der Waals surface area contributed by atoms with Crippen LogP contribution in [0.3, 0.4) is 0 Å². The molecule has 126 heavy (non-hydrogen) atoms. The minimum Gasteiger partial charge on any atom is -0.455 e. The molecule has 588 valence electrons. The van der Waals surface area contributed by atoms with Crippen LogP contribution >= 0.6 is 0 Å². The second kappa shape index (κ2) is 29.2. The fraction of sp³-hybridized carbons (Fsp3) is 0.0164. The van der Waals surface area contributed by atoms with Gasteiger partial charge in [-0.2, -0.15) is 0 Å². The highest BCUT2D eigenvalue weighted by atomic mass is 16.3. The Morgan fingerprint density at radius 1 is 0.183 bits per heavy atom. The lowest BCUT2D eigenvalue weighted by molar-refractivity contribution is 0.672. The highest BCUT2D eigenvalue weighted by molar-refractivity contribution is 6.22. The summed E-state index contributed by atoms with van der Waals surface area (Å²) in [6, 6.07) is 173. The maximum atomic E-state index is 6.84. The number of nitrogens with zero attached hydrogens (tertiary/aromatic N) is 2. The molecule has 0 unspecified atom stereocenters. The van der Waals surface area contributed by atoms with E-state index in [1.807, 2.05) is 0 Å². The lowest BCUT2D eigenvalue weighted by Gasteiger charge is -2.35. The molecule has 0 saturated carbocycles. The standard InChI is InChI=1S/2C61H39NO/c1-3-17-45(18-4-1)61(46-19-5-2-6-20-46)53-24-11-9-23-52(53)59-54(61)25-14-27-56(59)62(55-26-13-16-42-33-38-51-50-22-10-12-28-57(50)63-60(51)58(42)55)47-35-31-40(32-36-47)43-34-37-49-44(39-43)30-29-41-15-7-8-21-48(41)49;1-3-18-43(19-4-1)61(44-20-5-2-6-21-44)55-27-13-11-25-50(55)51-37-35-46(39-56(51)61)62(57-28-15-17-41-32-36-53-52-26-12-14-29-58(52)63-60(53)59(41)57)45-33-30-40(31-34-45)54-38-42-16-7-8-22-47(42)48-23-9-10-24-49(48)54/h2*1-39H. The molecule has 2 aromatic heterocycles. The molecule has 26 rings (SSSR count). The molecular weight excluding hydrogens is 1530 g/mol. The summed E-state index contributed by atoms with van der Waals surface area (Å²) in [5.74, 6) is 0. The van der Waals surface area contributed by atoms with E-state index in [0.29, 0.717) is 0 Å². The second-order valence-corrected chi connectivity index (χ2v) is 33.5. The smallest absolute Gasteiger partial charge is 0.145 e. The zero-order chi connectivity index (χ0) is 83.0. The number of anilines is 6. The Morgan fingerprint density at radius 3 is 1.17 bits per heavy atom. The average Bonchev–Trinajstić information content (AvgIpc) is 1.53. The number of hydrogen-bond donors (Lipinski definition) is 0. The van der Waals surface area contributed by atoms with Crippen molar-refractivity contribution >= 4 is 143 Å². The van der Waals surface area contributed by atoms with Gasteiger partial charge in [0.05, 0.1) is 27.9 Å². The van der Waals surface area contributed by atoms with Crippen LogP contribution in [0.5, 0.6) is 0 Å². The van der Waals surface area contributed by atoms with Crippen molar-refractivity contribution in [2.75, 3.05) is 9.80 Å². The summed E-state index contributed by atoms with van der Waals surface area (Å²) in [5.41, 5.74) is 28.7. The summed E-state index contributed by atoms with van der Waals surface area (Å²) in [7, 11) is 0. The first kappa shape index (κ1) is 72.4. The molecule has 0 spiro atoms. The van der Waals surface area contributed by atoms with Gasteiger partial charge in [0.15, 0.2) is 0 Å². The second-order valence-electron chi connectivity index (χ2n) is 33.5. The largest absolute Gasteiger partial charge is 0.455 e. The Balaban J connectivity index is 0.000000137. The summed E-state index contributed by atoms with van der Waals surface area (Å²) in [6.45, 7) is 0. The van der Waals surface area contributed by atoms with Gasteiger partial charge >= 0.3 is 0 Å². The number of para-hydroxylation sites is 2. The number of fused-ring (bicyclic) bond motifs is 22. The van der Waals surface area contributed by atoms with Gasteiger partial charge in [0.25, 0.3) is 0 Å². The van der Waals surface area contributed by atoms with E-state index in [1.165, 1.54) is 132 Å². The first-order valence-electron chi connectivity index (χ1n) is 43.5. The summed E-state index contributed by atoms with van der Waals surface area (Å²) in [4.78, 5) is 4.92. The zero-order valence-corrected chi connectivity index (χ0v) is 68.7. The van der Waals surface area contributed by atoms with Crippen LogP contribution in [0.2, 0.25) is 0 Å². The third-order valence-electron chi connectivity index (χ3n) is 27.0. The topological polar surface area (TPSA) is 32.8 Å². The monoisotopic (exact) mass is 1600 g/mol. The van der Waals surface area contributed by atoms with Gasteiger partial charge in [-0.3, -0.25) is 0 Å². The predicted molar refractivity (Wildman–Crippen MR) is 527 cm³/mol. The van der Waals surface area contributed by atoms with Crippen LogP contribution in [0.25, 0.3) is 153 Å². The van der Waals surface area contributed by atoms with Crippen LogP contribution in [0, 0.1) is 0 Å². The molecule has 4 nitrogen and oxygen atoms in total. The Kier molecular flexibility index (Phi) is 16.8. The van der Waals surface area contributed by atoms with Crippen molar-refractivity contribution in [2.45, 2.75) is 10.8 Å². The average molecular weight is 1600 g/mol. The SMILES string of the molecule is c1ccc(C2(c3ccccc3)c3ccccc3-c3c(N(c4ccc(-c5ccc6c(ccc7ccccc76)c5)cc4)c4cccc5ccc6c7ccccc7oc6c45)cccc32)cc1.c1ccc(C2(c3ccccc3)c3ccccc3-c3ccc(N(c4ccc(-c5cc6ccccc6c6ccccc56)cc4)c4cccc5ccc6c7ccccc7oc6c45)cc32)cc1. The van der Waals surface area contributed by atoms with Gasteiger partial charge in [-0.25, -0.2) is 0 Å². The van der Waals surface area contributed by atoms with Crippen molar-refractivity contribution < 1.29 is 8.83 Å². The van der Waals surface area contributed by atoms with Crippen molar-refractivity contribution in [2.24, 2.45) is 0 Å². The van der Waals surface area contributed by atoms with E-state index >= 15 is 0 Å². The molecule has 2 aliphatic carbocycles. The Morgan fingerprint density at radius 2 is 0.563 bits per heavy atom. The van der Waals surface area contributed by atoms with E-state index in [2.05, 4.69) is 483 Å². The van der Waals surface area contributed by atoms with Crippen molar-refractivity contribution in [3.63, 3.8) is 0 Å². The normalized spacial score (nSPS) is 12.9. The molecule has 0 radical (unpaired) electrons. The molecule has 0 atom stereocenters. The minimum atomic E-state index is -0.540. The number of hydrogen-bond acceptors (Lipinski definition) is 4. The quantitative estimate of drug-likeness (QED) is 0.114. The van der Waals surface area contributed by atoms with Gasteiger partial charge in [0, 0.05) is 54.9 Å². The predicted octanol–water partition coefficient (Wildman–Crippen LogP) is 33.1. The summed E-state index contributed by atoms with van der Waals surface area (Å²) >= 11 is 0. The lowest BCUT2D eigenvalue weighted by atomic mass is 9.67. The molecule has 2 heterocycles. The van der Waals surface area contributed by atoms with E-state index in [-0.39, 0.29) is 0 Å². The maximum absolute atomic E-state index is 6.84. The first-order chi connectivity index (χ1) is 62.5. The maximum Gasteiger partial charge on any atom is 0.145 e. The van der Waals surface area contributed by atoms with Crippen LogP contribution in [0.4, 0.5) is 34.1 Å². The van der Waals surface area contributed by atoms with Crippen molar-refractivity contribution in [1.29, 1.82) is 0 Å². The van der Waals surface area contributed by atoms with Gasteiger partial charge in [0.2, 0.25) is 0 Å². The van der Waals surface area contributed by atoms with Crippen molar-refractivity contribution in [3.8, 4) is 44.5 Å². The fourth-order valence-corrected chi connectivity index (χ4v) is 21.6. The number of benzene rings is 22. The lowest BCUT2D eigenvalue weighted by Crippen LogP contribution is -2.28. The minimum absolute atomic E-state index is 0.536. The molecule has 0 N–H and O–H groups in total. The van der Waals surface area contributed by atoms with Crippen molar-refractivity contribution in [1.82, 2.24) is 0 Å². The number of rotatable bonds is 12. The van der Waals surface area contributed by atoms with Crippen LogP contribution in [0.15, 0.2) is 482 Å². The molecule has 0 bridgehead atoms. The number of furan rings is 2. The Hall–Kier alpha value is -16.4. The highest BCUT2D eigenvalue weighted by Crippen LogP contribution is 2.62. The summed E-state index contributed by atoms with van der Waals surface area (Å²) < 4.78 is 13.7. The van der Waals surface area contributed by atoms with E-state index in [0.717, 1.165) is 99.5 Å².